The van der Waals surface area contributed by atoms with E-state index in [2.05, 4.69) is 5.32 Å². The maximum atomic E-state index is 14.5. The zero-order chi connectivity index (χ0) is 32.8. The van der Waals surface area contributed by atoms with Crippen molar-refractivity contribution in [2.75, 3.05) is 33.4 Å². The van der Waals surface area contributed by atoms with Gasteiger partial charge < -0.3 is 34.4 Å². The van der Waals surface area contributed by atoms with Crippen LogP contribution in [-0.4, -0.2) is 102 Å². The number of benzene rings is 1. The highest BCUT2D eigenvalue weighted by molar-refractivity contribution is 5.99. The van der Waals surface area contributed by atoms with Crippen LogP contribution in [0.15, 0.2) is 54.6 Å². The van der Waals surface area contributed by atoms with Crippen LogP contribution in [0.3, 0.4) is 0 Å². The lowest BCUT2D eigenvalue weighted by atomic mass is 9.77. The summed E-state index contributed by atoms with van der Waals surface area (Å²) < 4.78 is 18.5. The second-order valence-corrected chi connectivity index (χ2v) is 12.9. The molecule has 4 aliphatic heterocycles. The van der Waals surface area contributed by atoms with E-state index in [1.54, 1.807) is 22.0 Å². The third-order valence-corrected chi connectivity index (χ3v) is 9.52. The molecule has 4 aliphatic rings. The fraction of sp³-hybridized carbons (Fsp3) is 0.600. The molecule has 4 heterocycles. The van der Waals surface area contributed by atoms with Crippen molar-refractivity contribution in [3.63, 3.8) is 0 Å². The number of fused-ring (bicyclic) bond motifs is 2. The normalized spacial score (nSPS) is 32.2. The second-order valence-electron chi connectivity index (χ2n) is 12.9. The van der Waals surface area contributed by atoms with Crippen molar-refractivity contribution in [2.45, 2.75) is 88.3 Å². The van der Waals surface area contributed by atoms with E-state index < -0.39 is 47.7 Å². The van der Waals surface area contributed by atoms with Gasteiger partial charge >= 0.3 is 5.97 Å². The zero-order valence-electron chi connectivity index (χ0n) is 27.0. The summed E-state index contributed by atoms with van der Waals surface area (Å²) in [6.07, 6.45) is 9.01. The molecule has 0 aliphatic carbocycles. The molecule has 11 heteroatoms. The summed E-state index contributed by atoms with van der Waals surface area (Å²) in [5.41, 5.74) is -0.697. The molecule has 11 nitrogen and oxygen atoms in total. The number of rotatable bonds is 10. The number of likely N-dealkylation sites (tertiary alicyclic amines) is 1. The minimum Gasteiger partial charge on any atom is -0.455 e. The largest absolute Gasteiger partial charge is 0.455 e. The lowest BCUT2D eigenvalue weighted by Crippen LogP contribution is -2.56. The Hall–Kier alpha value is -3.54. The van der Waals surface area contributed by atoms with E-state index in [4.69, 9.17) is 14.2 Å². The predicted octanol–water partition coefficient (Wildman–Crippen LogP) is 2.69. The van der Waals surface area contributed by atoms with Gasteiger partial charge in [-0.05, 0) is 38.7 Å². The molecule has 46 heavy (non-hydrogen) atoms. The van der Waals surface area contributed by atoms with E-state index in [9.17, 15) is 24.3 Å². The van der Waals surface area contributed by atoms with E-state index in [1.165, 1.54) is 7.11 Å². The Kier molecular flexibility index (Phi) is 11.0. The number of allylic oxidation sites excluding steroid dienone is 1. The molecule has 3 amide bonds. The van der Waals surface area contributed by atoms with Crippen LogP contribution in [0.4, 0.5) is 0 Å². The zero-order valence-corrected chi connectivity index (χ0v) is 27.0. The monoisotopic (exact) mass is 637 g/mol. The van der Waals surface area contributed by atoms with Crippen LogP contribution >= 0.6 is 0 Å². The number of cyclic esters (lactones) is 1. The van der Waals surface area contributed by atoms with Crippen LogP contribution in [0.5, 0.6) is 0 Å². The number of hydrogen-bond donors (Lipinski definition) is 2. The molecule has 1 aromatic carbocycles. The minimum absolute atomic E-state index is 0.0969. The summed E-state index contributed by atoms with van der Waals surface area (Å²) in [7, 11) is 1.52. The van der Waals surface area contributed by atoms with Gasteiger partial charge in [-0.25, -0.2) is 0 Å². The highest BCUT2D eigenvalue weighted by Gasteiger charge is 2.71. The lowest BCUT2D eigenvalue weighted by molar-refractivity contribution is -0.162. The third kappa shape index (κ3) is 6.63. The van der Waals surface area contributed by atoms with Crippen molar-refractivity contribution >= 4 is 23.7 Å². The van der Waals surface area contributed by atoms with Gasteiger partial charge in [-0.3, -0.25) is 19.2 Å². The van der Waals surface area contributed by atoms with E-state index >= 15 is 0 Å². The summed E-state index contributed by atoms with van der Waals surface area (Å²) in [4.78, 5) is 59.6. The van der Waals surface area contributed by atoms with Crippen LogP contribution in [0, 0.1) is 11.8 Å². The Morgan fingerprint density at radius 1 is 1.04 bits per heavy atom. The molecule has 1 aromatic rings. The number of ether oxygens (including phenoxy) is 3. The van der Waals surface area contributed by atoms with Crippen LogP contribution < -0.4 is 5.32 Å². The minimum atomic E-state index is -1.37. The van der Waals surface area contributed by atoms with Gasteiger partial charge in [0.25, 0.3) is 0 Å². The standard InChI is InChI=1S/C35H47N3O8/c1-23(2)37-20-13-18-35-29(32(41)38(31(35)33(37)42)19-11-4-5-12-21-39)28-26(46-35)16-9-10-17-27(40)36-25(22-44-3)30(45-34(28)43)24-14-7-6-8-15-24/h6-9,13-16,18,23,25-26,28-31,39H,4-5,10-12,17,19-22H2,1-3H3,(H,36,40)/b16-9-/t25-,26-,28+,29+,30-,31-,35+/m1/s1. The third-order valence-electron chi connectivity index (χ3n) is 9.52. The van der Waals surface area contributed by atoms with Crippen LogP contribution in [0.1, 0.15) is 64.0 Å². The molecule has 7 atom stereocenters. The number of aliphatic hydroxyl groups excluding tert-OH is 1. The Morgan fingerprint density at radius 2 is 1.80 bits per heavy atom. The molecule has 2 N–H and O–H groups in total. The molecule has 0 bridgehead atoms. The topological polar surface area (TPSA) is 135 Å². The summed E-state index contributed by atoms with van der Waals surface area (Å²) in [5.74, 6) is -3.38. The lowest BCUT2D eigenvalue weighted by Gasteiger charge is -2.36. The number of nitrogens with zero attached hydrogens (tertiary/aromatic N) is 2. The van der Waals surface area contributed by atoms with Gasteiger partial charge in [0.2, 0.25) is 17.7 Å². The van der Waals surface area contributed by atoms with Crippen LogP contribution in [0.2, 0.25) is 0 Å². The van der Waals surface area contributed by atoms with E-state index in [1.807, 2.05) is 56.3 Å². The summed E-state index contributed by atoms with van der Waals surface area (Å²) in [6.45, 7) is 4.78. The van der Waals surface area contributed by atoms with Crippen molar-refractivity contribution in [2.24, 2.45) is 11.8 Å². The van der Waals surface area contributed by atoms with E-state index in [0.29, 0.717) is 37.9 Å². The molecule has 0 aromatic heterocycles. The van der Waals surface area contributed by atoms with Crippen LogP contribution in [0.25, 0.3) is 0 Å². The van der Waals surface area contributed by atoms with Crippen molar-refractivity contribution in [1.29, 1.82) is 0 Å². The molecule has 0 radical (unpaired) electrons. The molecule has 5 rings (SSSR count). The summed E-state index contributed by atoms with van der Waals surface area (Å²) in [6, 6.07) is 7.43. The first-order valence-corrected chi connectivity index (χ1v) is 16.5. The van der Waals surface area contributed by atoms with Gasteiger partial charge in [0.1, 0.15) is 23.7 Å². The maximum absolute atomic E-state index is 14.5. The van der Waals surface area contributed by atoms with Crippen LogP contribution in [-0.2, 0) is 33.4 Å². The Balaban J connectivity index is 1.56. The molecule has 2 fully saturated rings. The van der Waals surface area contributed by atoms with Gasteiger partial charge in [0.05, 0.1) is 24.7 Å². The molecule has 0 saturated carbocycles. The van der Waals surface area contributed by atoms with Crippen molar-refractivity contribution in [3.05, 3.63) is 60.2 Å². The van der Waals surface area contributed by atoms with Gasteiger partial charge in [-0.15, -0.1) is 0 Å². The number of methoxy groups -OCH3 is 1. The number of carbonyl (C=O) groups is 4. The average molecular weight is 638 g/mol. The predicted molar refractivity (Wildman–Crippen MR) is 169 cm³/mol. The quantitative estimate of drug-likeness (QED) is 0.227. The number of aliphatic hydroxyl groups is 1. The summed E-state index contributed by atoms with van der Waals surface area (Å²) in [5, 5.41) is 12.2. The number of unbranched alkanes of at least 4 members (excludes halogenated alkanes) is 3. The van der Waals surface area contributed by atoms with Gasteiger partial charge in [0, 0.05) is 39.3 Å². The molecular formula is C35H47N3O8. The smallest absolute Gasteiger partial charge is 0.313 e. The van der Waals surface area contributed by atoms with Crippen molar-refractivity contribution in [3.8, 4) is 0 Å². The fourth-order valence-electron chi connectivity index (χ4n) is 7.36. The first-order chi connectivity index (χ1) is 22.2. The van der Waals surface area contributed by atoms with E-state index in [-0.39, 0.29) is 43.4 Å². The Morgan fingerprint density at radius 3 is 2.52 bits per heavy atom. The number of amides is 3. The number of hydrogen-bond acceptors (Lipinski definition) is 8. The molecular weight excluding hydrogens is 590 g/mol. The van der Waals surface area contributed by atoms with Gasteiger partial charge in [0.15, 0.2) is 0 Å². The SMILES string of the molecule is COC[C@H]1NC(=O)CC/C=C\[C@H]2O[C@]34C=CCN(C(C)C)C(=O)[C@H]3N(CCCCCCO)C(=O)[C@@H]4[C@H]2C(=O)O[C@@H]1c1ccccc1. The second kappa shape index (κ2) is 14.9. The number of carbonyl (C=O) groups excluding carboxylic acids is 4. The molecule has 250 valence electrons. The van der Waals surface area contributed by atoms with Crippen molar-refractivity contribution in [1.82, 2.24) is 15.1 Å². The highest BCUT2D eigenvalue weighted by atomic mass is 16.6. The highest BCUT2D eigenvalue weighted by Crippen LogP contribution is 2.53. The molecule has 1 spiro atoms. The van der Waals surface area contributed by atoms with Gasteiger partial charge in [-0.1, -0.05) is 67.5 Å². The van der Waals surface area contributed by atoms with Gasteiger partial charge in [-0.2, -0.15) is 0 Å². The Labute approximate surface area is 270 Å². The number of esters is 1. The first-order valence-electron chi connectivity index (χ1n) is 16.5. The fourth-order valence-corrected chi connectivity index (χ4v) is 7.36. The first kappa shape index (κ1) is 33.8. The number of nitrogens with one attached hydrogen (secondary N) is 1. The molecule has 2 saturated heterocycles. The van der Waals surface area contributed by atoms with Crippen molar-refractivity contribution < 1.29 is 38.5 Å². The Bertz CT molecular complexity index is 1320. The summed E-state index contributed by atoms with van der Waals surface area (Å²) >= 11 is 0. The molecule has 0 unspecified atom stereocenters. The van der Waals surface area contributed by atoms with E-state index in [0.717, 1.165) is 12.8 Å². The maximum Gasteiger partial charge on any atom is 0.313 e. The average Bonchev–Trinajstić information content (AvgIpc) is 3.41.